The third-order valence-electron chi connectivity index (χ3n) is 3.35. The summed E-state index contributed by atoms with van der Waals surface area (Å²) in [4.78, 5) is 12.7. The number of nitrogens with two attached hydrogens (primary N) is 1. The Morgan fingerprint density at radius 2 is 2.21 bits per heavy atom. The molecule has 1 aliphatic carbocycles. The first-order valence-corrected chi connectivity index (χ1v) is 7.62. The zero-order valence-electron chi connectivity index (χ0n) is 10.0. The van der Waals surface area contributed by atoms with Crippen LogP contribution >= 0.6 is 27.3 Å². The van der Waals surface area contributed by atoms with Crippen LogP contribution in [0.15, 0.2) is 22.7 Å². The van der Waals surface area contributed by atoms with Crippen LogP contribution in [0.1, 0.15) is 22.5 Å². The Hall–Kier alpha value is -1.11. The second kappa shape index (κ2) is 4.77. The van der Waals surface area contributed by atoms with Gasteiger partial charge < -0.3 is 16.2 Å². The number of carbonyl (C=O) groups is 1. The van der Waals surface area contributed by atoms with Gasteiger partial charge in [0, 0.05) is 20.6 Å². The largest absolute Gasteiger partial charge is 0.397 e. The molecule has 0 spiro atoms. The molecule has 0 radical (unpaired) electrons. The molecule has 0 aliphatic heterocycles. The van der Waals surface area contributed by atoms with Gasteiger partial charge in [-0.2, -0.15) is 0 Å². The van der Waals surface area contributed by atoms with Crippen molar-refractivity contribution in [3.63, 3.8) is 0 Å². The van der Waals surface area contributed by atoms with Gasteiger partial charge in [0.2, 0.25) is 0 Å². The summed E-state index contributed by atoms with van der Waals surface area (Å²) in [5.74, 6) is -0.147. The van der Waals surface area contributed by atoms with Crippen LogP contribution < -0.4 is 11.1 Å². The molecular formula is C13H13BrN2O2S. The maximum atomic E-state index is 12.2. The maximum Gasteiger partial charge on any atom is 0.263 e. The van der Waals surface area contributed by atoms with E-state index in [1.807, 2.05) is 18.2 Å². The van der Waals surface area contributed by atoms with Gasteiger partial charge in [-0.25, -0.2) is 0 Å². The van der Waals surface area contributed by atoms with Gasteiger partial charge in [0.1, 0.15) is 4.88 Å². The molecule has 0 bridgehead atoms. The van der Waals surface area contributed by atoms with Crippen LogP contribution in [-0.4, -0.2) is 23.2 Å². The lowest BCUT2D eigenvalue weighted by Gasteiger charge is -2.31. The number of thiophene rings is 1. The van der Waals surface area contributed by atoms with E-state index in [4.69, 9.17) is 5.73 Å². The fraction of sp³-hybridized carbons (Fsp3) is 0.308. The molecule has 1 saturated carbocycles. The molecule has 1 amide bonds. The van der Waals surface area contributed by atoms with Gasteiger partial charge in [-0.15, -0.1) is 11.3 Å². The van der Waals surface area contributed by atoms with Crippen LogP contribution in [0.3, 0.4) is 0 Å². The van der Waals surface area contributed by atoms with Crippen molar-refractivity contribution in [2.75, 3.05) is 5.73 Å². The lowest BCUT2D eigenvalue weighted by atomic mass is 9.89. The summed E-state index contributed by atoms with van der Waals surface area (Å²) < 4.78 is 1.96. The Bertz CT molecular complexity index is 649. The van der Waals surface area contributed by atoms with Crippen molar-refractivity contribution in [2.45, 2.75) is 25.0 Å². The lowest BCUT2D eigenvalue weighted by Crippen LogP contribution is -2.46. The van der Waals surface area contributed by atoms with Gasteiger partial charge in [0.15, 0.2) is 0 Å². The highest BCUT2D eigenvalue weighted by Gasteiger charge is 2.29. The van der Waals surface area contributed by atoms with Crippen molar-refractivity contribution >= 4 is 48.9 Å². The molecule has 19 heavy (non-hydrogen) atoms. The first kappa shape index (κ1) is 12.9. The van der Waals surface area contributed by atoms with Gasteiger partial charge in [-0.1, -0.05) is 22.0 Å². The van der Waals surface area contributed by atoms with E-state index < -0.39 is 0 Å². The number of amides is 1. The number of aliphatic hydroxyl groups excluding tert-OH is 1. The summed E-state index contributed by atoms with van der Waals surface area (Å²) >= 11 is 4.80. The molecule has 0 unspecified atom stereocenters. The highest BCUT2D eigenvalue weighted by molar-refractivity contribution is 9.10. The van der Waals surface area contributed by atoms with Crippen molar-refractivity contribution in [1.29, 1.82) is 0 Å². The Labute approximate surface area is 122 Å². The number of hydrogen-bond donors (Lipinski definition) is 3. The second-order valence-electron chi connectivity index (χ2n) is 4.78. The zero-order valence-corrected chi connectivity index (χ0v) is 12.4. The minimum absolute atomic E-state index is 0.0684. The number of benzene rings is 1. The van der Waals surface area contributed by atoms with Gasteiger partial charge >= 0.3 is 0 Å². The van der Waals surface area contributed by atoms with E-state index in [2.05, 4.69) is 21.2 Å². The van der Waals surface area contributed by atoms with E-state index in [-0.39, 0.29) is 18.1 Å². The van der Waals surface area contributed by atoms with E-state index >= 15 is 0 Å². The van der Waals surface area contributed by atoms with Gasteiger partial charge in [-0.3, -0.25) is 4.79 Å². The number of aliphatic hydroxyl groups is 1. The number of hydrogen-bond acceptors (Lipinski definition) is 4. The highest BCUT2D eigenvalue weighted by atomic mass is 79.9. The summed E-state index contributed by atoms with van der Waals surface area (Å²) in [6.45, 7) is 0. The molecule has 6 heteroatoms. The molecule has 3 rings (SSSR count). The van der Waals surface area contributed by atoms with Crippen LogP contribution in [0.25, 0.3) is 10.1 Å². The monoisotopic (exact) mass is 340 g/mol. The van der Waals surface area contributed by atoms with Crippen LogP contribution in [0.4, 0.5) is 5.69 Å². The Morgan fingerprint density at radius 1 is 1.47 bits per heavy atom. The van der Waals surface area contributed by atoms with Crippen molar-refractivity contribution in [3.8, 4) is 0 Å². The maximum absolute atomic E-state index is 12.2. The van der Waals surface area contributed by atoms with Gasteiger partial charge in [0.25, 0.3) is 5.91 Å². The van der Waals surface area contributed by atoms with E-state index in [1.54, 1.807) is 0 Å². The highest BCUT2D eigenvalue weighted by Crippen LogP contribution is 2.35. The average Bonchev–Trinajstić information content (AvgIpc) is 2.64. The Morgan fingerprint density at radius 3 is 2.89 bits per heavy atom. The predicted octanol–water partition coefficient (Wildman–Crippen LogP) is 2.50. The minimum atomic E-state index is -0.277. The average molecular weight is 341 g/mol. The molecule has 4 N–H and O–H groups in total. The predicted molar refractivity (Wildman–Crippen MR) is 80.4 cm³/mol. The number of carbonyl (C=O) groups excluding carboxylic acids is 1. The van der Waals surface area contributed by atoms with Gasteiger partial charge in [-0.05, 0) is 25.0 Å². The number of rotatable bonds is 2. The quantitative estimate of drug-likeness (QED) is 0.786. The molecular weight excluding hydrogens is 328 g/mol. The number of nitrogen functional groups attached to an aromatic ring is 1. The molecule has 4 nitrogen and oxygen atoms in total. The summed E-state index contributed by atoms with van der Waals surface area (Å²) in [6, 6.07) is 5.85. The topological polar surface area (TPSA) is 75.4 Å². The van der Waals surface area contributed by atoms with E-state index in [0.29, 0.717) is 23.4 Å². The fourth-order valence-corrected chi connectivity index (χ4v) is 3.79. The molecule has 1 heterocycles. The molecule has 1 fully saturated rings. The SMILES string of the molecule is Nc1c(C(=O)NC2CC(O)C2)sc2cc(Br)ccc12. The van der Waals surface area contributed by atoms with E-state index in [9.17, 15) is 9.90 Å². The fourth-order valence-electron chi connectivity index (χ4n) is 2.22. The standard InChI is InChI=1S/C13H13BrN2O2S/c14-6-1-2-9-10(3-6)19-12(11(9)15)13(18)16-7-4-8(17)5-7/h1-3,7-8,17H,4-5,15H2,(H,16,18). The van der Waals surface area contributed by atoms with Crippen LogP contribution in [0, 0.1) is 0 Å². The Kier molecular flexibility index (Phi) is 3.24. The minimum Gasteiger partial charge on any atom is -0.397 e. The van der Waals surface area contributed by atoms with E-state index in [1.165, 1.54) is 11.3 Å². The van der Waals surface area contributed by atoms with Crippen LogP contribution in [-0.2, 0) is 0 Å². The van der Waals surface area contributed by atoms with Crippen molar-refractivity contribution < 1.29 is 9.90 Å². The molecule has 1 aromatic carbocycles. The number of nitrogens with one attached hydrogen (secondary N) is 1. The van der Waals surface area contributed by atoms with Gasteiger partial charge in [0.05, 0.1) is 11.8 Å². The summed E-state index contributed by atoms with van der Waals surface area (Å²) in [6.07, 6.45) is 0.977. The van der Waals surface area contributed by atoms with Crippen molar-refractivity contribution in [1.82, 2.24) is 5.32 Å². The second-order valence-corrected chi connectivity index (χ2v) is 6.75. The normalized spacial score (nSPS) is 22.2. The molecule has 0 saturated heterocycles. The third kappa shape index (κ3) is 2.35. The first-order chi connectivity index (χ1) is 9.04. The Balaban J connectivity index is 1.87. The van der Waals surface area contributed by atoms with E-state index in [0.717, 1.165) is 14.6 Å². The zero-order chi connectivity index (χ0) is 13.6. The van der Waals surface area contributed by atoms with Crippen molar-refractivity contribution in [3.05, 3.63) is 27.5 Å². The number of fused-ring (bicyclic) bond motifs is 1. The summed E-state index contributed by atoms with van der Waals surface area (Å²) in [5, 5.41) is 13.0. The van der Waals surface area contributed by atoms with Crippen molar-refractivity contribution in [2.24, 2.45) is 0 Å². The molecule has 1 aromatic heterocycles. The van der Waals surface area contributed by atoms with Crippen LogP contribution in [0.2, 0.25) is 0 Å². The summed E-state index contributed by atoms with van der Waals surface area (Å²) in [5.41, 5.74) is 6.57. The summed E-state index contributed by atoms with van der Waals surface area (Å²) in [7, 11) is 0. The van der Waals surface area contributed by atoms with Crippen LogP contribution in [0.5, 0.6) is 0 Å². The molecule has 0 atom stereocenters. The number of anilines is 1. The molecule has 2 aromatic rings. The third-order valence-corrected chi connectivity index (χ3v) is 5.01. The lowest BCUT2D eigenvalue weighted by molar-refractivity contribution is 0.0565. The molecule has 1 aliphatic rings. The number of halogens is 1. The smallest absolute Gasteiger partial charge is 0.263 e. The first-order valence-electron chi connectivity index (χ1n) is 6.01. The molecule has 100 valence electrons.